The van der Waals surface area contributed by atoms with Crippen molar-refractivity contribution in [3.05, 3.63) is 0 Å². The van der Waals surface area contributed by atoms with Crippen LogP contribution in [0.4, 0.5) is 0 Å². The molecule has 3 fully saturated rings. The molecule has 9 heteroatoms. The molecule has 3 rings (SSSR count). The first kappa shape index (κ1) is 25.7. The Kier molecular flexibility index (Phi) is 11.0. The Morgan fingerprint density at radius 1 is 1.00 bits per heavy atom. The number of rotatable bonds is 2. The number of halogens is 7. The predicted octanol–water partition coefficient (Wildman–Crippen LogP) is 8.91. The van der Waals surface area contributed by atoms with E-state index >= 15 is 0 Å². The third-order valence-electron chi connectivity index (χ3n) is 3.26. The zero-order valence-corrected chi connectivity index (χ0v) is 19.7. The van der Waals surface area contributed by atoms with Crippen molar-refractivity contribution < 1.29 is 4.79 Å². The van der Waals surface area contributed by atoms with E-state index in [1.165, 1.54) is 25.7 Å². The molecule has 0 aromatic heterocycles. The molecule has 3 aliphatic rings. The van der Waals surface area contributed by atoms with Gasteiger partial charge in [-0.05, 0) is 58.3 Å². The second-order valence-corrected chi connectivity index (χ2v) is 24.6. The van der Waals surface area contributed by atoms with Crippen LogP contribution in [0.1, 0.15) is 52.4 Å². The van der Waals surface area contributed by atoms with Crippen LogP contribution in [0, 0.1) is 30.1 Å². The van der Waals surface area contributed by atoms with E-state index < -0.39 is 7.70 Å². The normalized spacial score (nSPS) is 21.1. The zero-order chi connectivity index (χ0) is 19.2. The van der Waals surface area contributed by atoms with Gasteiger partial charge in [-0.1, -0.05) is 0 Å². The van der Waals surface area contributed by atoms with Crippen LogP contribution in [0.3, 0.4) is 0 Å². The number of alkyl halides is 2. The van der Waals surface area contributed by atoms with Gasteiger partial charge in [0.25, 0.3) is 0 Å². The quantitative estimate of drug-likeness (QED) is 0.211. The second kappa shape index (κ2) is 10.3. The van der Waals surface area contributed by atoms with Gasteiger partial charge in [-0.25, -0.2) is 0 Å². The van der Waals surface area contributed by atoms with Gasteiger partial charge in [-0.3, -0.25) is 4.79 Å². The standard InChI is InChI=1S/C5H8Cl2.C5H8O.C5H6.Cl5P/c1-5(6,7)4-2-3-4;1-4(6)5-2-3-5;1-2-5-3-4-5;1-6(2,3,4)5/h4H,2-3H2,1H3;5H,2-3H2,1H3;1,5H,3-4H2;. The van der Waals surface area contributed by atoms with Gasteiger partial charge >= 0.3 is 59.6 Å². The molecule has 0 unspecified atom stereocenters. The van der Waals surface area contributed by atoms with E-state index in [9.17, 15) is 4.79 Å². The van der Waals surface area contributed by atoms with Crippen LogP contribution in [0.2, 0.25) is 0 Å². The molecule has 0 radical (unpaired) electrons. The van der Waals surface area contributed by atoms with Crippen molar-refractivity contribution in [3.8, 4) is 12.3 Å². The molecule has 1 nitrogen and oxygen atoms in total. The van der Waals surface area contributed by atoms with E-state index in [1.807, 2.05) is 6.92 Å². The molecule has 3 saturated carbocycles. The topological polar surface area (TPSA) is 17.1 Å². The van der Waals surface area contributed by atoms with E-state index in [2.05, 4.69) is 5.92 Å². The molecule has 0 amide bonds. The first-order valence-electron chi connectivity index (χ1n) is 7.53. The predicted molar refractivity (Wildman–Crippen MR) is 114 cm³/mol. The molecule has 0 aliphatic heterocycles. The van der Waals surface area contributed by atoms with Gasteiger partial charge < -0.3 is 0 Å². The SMILES string of the molecule is C#CC1CC1.CC(=O)C1CC1.CC(Cl)(Cl)C1CC1.ClP(Cl)(Cl)(Cl)Cl. The summed E-state index contributed by atoms with van der Waals surface area (Å²) in [6.45, 7) is 3.52. The molecule has 24 heavy (non-hydrogen) atoms. The van der Waals surface area contributed by atoms with Gasteiger partial charge in [-0.15, -0.1) is 35.5 Å². The van der Waals surface area contributed by atoms with E-state index in [-0.39, 0.29) is 0 Å². The summed E-state index contributed by atoms with van der Waals surface area (Å²) in [5, 5.41) is 0. The third-order valence-corrected chi connectivity index (χ3v) is 3.88. The molecular formula is C15H22Cl7OP. The first-order valence-corrected chi connectivity index (χ1v) is 15.0. The first-order chi connectivity index (χ1) is 10.6. The fraction of sp³-hybridized carbons (Fsp3) is 0.800. The van der Waals surface area contributed by atoms with Crippen molar-refractivity contribution in [1.82, 2.24) is 0 Å². The van der Waals surface area contributed by atoms with Crippen LogP contribution in [-0.2, 0) is 4.79 Å². The average molecular weight is 497 g/mol. The monoisotopic (exact) mass is 494 g/mol. The van der Waals surface area contributed by atoms with Gasteiger partial charge in [0.1, 0.15) is 10.1 Å². The van der Waals surface area contributed by atoms with Crippen molar-refractivity contribution >= 4 is 88.6 Å². The Balaban J connectivity index is 0.000000296. The van der Waals surface area contributed by atoms with Crippen LogP contribution in [0.5, 0.6) is 0 Å². The van der Waals surface area contributed by atoms with Gasteiger partial charge in [0, 0.05) is 11.8 Å². The molecule has 0 heterocycles. The molecule has 142 valence electrons. The van der Waals surface area contributed by atoms with E-state index in [1.54, 1.807) is 6.92 Å². The van der Waals surface area contributed by atoms with Crippen LogP contribution in [-0.4, -0.2) is 10.1 Å². The maximum absolute atomic E-state index is 10.2. The molecule has 0 spiro atoms. The molecule has 0 aromatic rings. The van der Waals surface area contributed by atoms with Gasteiger partial charge in [0.15, 0.2) is 0 Å². The molecule has 0 aromatic carbocycles. The average Bonchev–Trinajstić information content (AvgIpc) is 3.28. The van der Waals surface area contributed by atoms with E-state index in [0.29, 0.717) is 23.5 Å². The van der Waals surface area contributed by atoms with Crippen LogP contribution < -0.4 is 0 Å². The van der Waals surface area contributed by atoms with Crippen molar-refractivity contribution in [1.29, 1.82) is 0 Å². The van der Waals surface area contributed by atoms with E-state index in [4.69, 9.17) is 85.8 Å². The van der Waals surface area contributed by atoms with Crippen molar-refractivity contribution in [2.75, 3.05) is 0 Å². The molecule has 0 atom stereocenters. The molecule has 3 aliphatic carbocycles. The number of hydrogen-bond acceptors (Lipinski definition) is 1. The summed E-state index contributed by atoms with van der Waals surface area (Å²) in [6, 6.07) is 0. The van der Waals surface area contributed by atoms with Crippen molar-refractivity contribution in [2.24, 2.45) is 17.8 Å². The number of hydrogen-bond donors (Lipinski definition) is 0. The number of Topliss-reactive ketones (excluding diaryl/α,β-unsaturated/α-hetero) is 1. The summed E-state index contributed by atoms with van der Waals surface area (Å²) < 4.78 is -4.13. The number of terminal acetylenes is 1. The summed E-state index contributed by atoms with van der Waals surface area (Å²) in [5.41, 5.74) is 0. The fourth-order valence-corrected chi connectivity index (χ4v) is 1.77. The summed E-state index contributed by atoms with van der Waals surface area (Å²) in [6.07, 6.45) is 12.3. The summed E-state index contributed by atoms with van der Waals surface area (Å²) in [5.74, 6) is 4.71. The Morgan fingerprint density at radius 3 is 1.38 bits per heavy atom. The van der Waals surface area contributed by atoms with Crippen molar-refractivity contribution in [3.63, 3.8) is 0 Å². The van der Waals surface area contributed by atoms with Crippen LogP contribution in [0.15, 0.2) is 0 Å². The Hall–Kier alpha value is 1.69. The molecular weight excluding hydrogens is 475 g/mol. The third kappa shape index (κ3) is 23.7. The Labute approximate surface area is 179 Å². The van der Waals surface area contributed by atoms with Gasteiger partial charge in [-0.2, -0.15) is 0 Å². The minimum atomic E-state index is -3.69. The summed E-state index contributed by atoms with van der Waals surface area (Å²) >= 11 is 36.3. The second-order valence-electron chi connectivity index (χ2n) is 6.20. The van der Waals surface area contributed by atoms with Gasteiger partial charge in [0.05, 0.1) is 0 Å². The summed E-state index contributed by atoms with van der Waals surface area (Å²) in [4.78, 5) is 10.2. The maximum atomic E-state index is 10.2. The van der Waals surface area contributed by atoms with Crippen LogP contribution in [0.25, 0.3) is 0 Å². The molecule has 0 saturated heterocycles. The van der Waals surface area contributed by atoms with E-state index in [0.717, 1.165) is 12.8 Å². The van der Waals surface area contributed by atoms with Crippen LogP contribution >= 0.6 is 82.8 Å². The van der Waals surface area contributed by atoms with Gasteiger partial charge in [0.2, 0.25) is 0 Å². The Morgan fingerprint density at radius 2 is 1.38 bits per heavy atom. The number of carbonyl (C=O) groups excluding carboxylic acids is 1. The minimum absolute atomic E-state index is 0.370. The fourth-order valence-electron chi connectivity index (χ4n) is 1.33. The van der Waals surface area contributed by atoms with Crippen molar-refractivity contribution in [2.45, 2.75) is 56.7 Å². The molecule has 0 N–H and O–H groups in total. The number of ketones is 1. The summed E-state index contributed by atoms with van der Waals surface area (Å²) in [7, 11) is 0. The zero-order valence-electron chi connectivity index (χ0n) is 13.6. The number of carbonyl (C=O) groups is 1. The molecule has 0 bridgehead atoms. The Bertz CT molecular complexity index is 430.